The Hall–Kier alpha value is -1.09. The standard InChI is InChI=1S/C9H13NO2/c1-12-9(11)8(10)7-5-3-2-4-6-7/h2-3,6,8H,4-5,10H2,1H3/p+1/t8-/m1/s1. The molecule has 0 saturated heterocycles. The zero-order chi connectivity index (χ0) is 8.97. The smallest absolute Gasteiger partial charge is 0.369 e. The Balaban J connectivity index is 2.57. The fraction of sp³-hybridized carbons (Fsp3) is 0.444. The third-order valence-electron chi connectivity index (χ3n) is 1.97. The summed E-state index contributed by atoms with van der Waals surface area (Å²) in [6.07, 6.45) is 7.89. The van der Waals surface area contributed by atoms with Crippen LogP contribution >= 0.6 is 0 Å². The normalized spacial score (nSPS) is 18.3. The van der Waals surface area contributed by atoms with Gasteiger partial charge in [0, 0.05) is 0 Å². The van der Waals surface area contributed by atoms with E-state index in [0.29, 0.717) is 0 Å². The van der Waals surface area contributed by atoms with E-state index in [0.717, 1.165) is 18.4 Å². The first-order valence-electron chi connectivity index (χ1n) is 4.00. The fourth-order valence-electron chi connectivity index (χ4n) is 1.20. The molecule has 0 aliphatic heterocycles. The molecule has 0 fully saturated rings. The second-order valence-electron chi connectivity index (χ2n) is 2.77. The summed E-state index contributed by atoms with van der Waals surface area (Å²) < 4.78 is 4.60. The average Bonchev–Trinajstić information content (AvgIpc) is 2.17. The van der Waals surface area contributed by atoms with Gasteiger partial charge < -0.3 is 10.5 Å². The second kappa shape index (κ2) is 4.07. The van der Waals surface area contributed by atoms with Crippen molar-refractivity contribution in [2.24, 2.45) is 0 Å². The molecule has 0 heterocycles. The van der Waals surface area contributed by atoms with E-state index in [1.54, 1.807) is 0 Å². The highest BCUT2D eigenvalue weighted by molar-refractivity contribution is 5.77. The van der Waals surface area contributed by atoms with Gasteiger partial charge in [0.05, 0.1) is 7.11 Å². The summed E-state index contributed by atoms with van der Waals surface area (Å²) in [6, 6.07) is -0.333. The van der Waals surface area contributed by atoms with Crippen LogP contribution in [0, 0.1) is 0 Å². The van der Waals surface area contributed by atoms with E-state index < -0.39 is 0 Å². The number of quaternary nitrogens is 1. The summed E-state index contributed by atoms with van der Waals surface area (Å²) in [6.45, 7) is 0. The Morgan fingerprint density at radius 2 is 2.42 bits per heavy atom. The third kappa shape index (κ3) is 1.95. The molecule has 1 rings (SSSR count). The van der Waals surface area contributed by atoms with E-state index in [4.69, 9.17) is 0 Å². The van der Waals surface area contributed by atoms with Crippen LogP contribution in [0.4, 0.5) is 0 Å². The van der Waals surface area contributed by atoms with Crippen molar-refractivity contribution in [3.63, 3.8) is 0 Å². The van der Waals surface area contributed by atoms with Crippen molar-refractivity contribution in [3.8, 4) is 0 Å². The average molecular weight is 168 g/mol. The Morgan fingerprint density at radius 1 is 1.67 bits per heavy atom. The lowest BCUT2D eigenvalue weighted by atomic mass is 9.99. The molecule has 1 aliphatic carbocycles. The van der Waals surface area contributed by atoms with Gasteiger partial charge in [-0.1, -0.05) is 18.2 Å². The van der Waals surface area contributed by atoms with Gasteiger partial charge in [-0.15, -0.1) is 0 Å². The summed E-state index contributed by atoms with van der Waals surface area (Å²) in [7, 11) is 1.39. The maximum absolute atomic E-state index is 11.1. The number of esters is 1. The number of hydrogen-bond acceptors (Lipinski definition) is 2. The first-order valence-corrected chi connectivity index (χ1v) is 4.00. The highest BCUT2D eigenvalue weighted by Crippen LogP contribution is 2.13. The highest BCUT2D eigenvalue weighted by Gasteiger charge is 2.22. The Labute approximate surface area is 71.9 Å². The monoisotopic (exact) mass is 168 g/mol. The van der Waals surface area contributed by atoms with Crippen LogP contribution in [-0.4, -0.2) is 19.1 Å². The van der Waals surface area contributed by atoms with Gasteiger partial charge in [0.2, 0.25) is 6.04 Å². The molecule has 1 atom stereocenters. The van der Waals surface area contributed by atoms with E-state index >= 15 is 0 Å². The Bertz CT molecular complexity index is 231. The van der Waals surface area contributed by atoms with Crippen LogP contribution in [0.5, 0.6) is 0 Å². The minimum absolute atomic E-state index is 0.253. The molecule has 12 heavy (non-hydrogen) atoms. The molecule has 0 aromatic heterocycles. The molecule has 0 saturated carbocycles. The lowest BCUT2D eigenvalue weighted by Crippen LogP contribution is -2.66. The van der Waals surface area contributed by atoms with Gasteiger partial charge in [0.25, 0.3) is 0 Å². The lowest BCUT2D eigenvalue weighted by Gasteiger charge is -2.11. The van der Waals surface area contributed by atoms with Crippen LogP contribution in [0.25, 0.3) is 0 Å². The van der Waals surface area contributed by atoms with Crippen molar-refractivity contribution >= 4 is 5.97 Å². The first-order chi connectivity index (χ1) is 5.75. The Kier molecular flexibility index (Phi) is 3.05. The second-order valence-corrected chi connectivity index (χ2v) is 2.77. The van der Waals surface area contributed by atoms with Crippen molar-refractivity contribution in [2.45, 2.75) is 18.9 Å². The molecule has 0 aromatic rings. The van der Waals surface area contributed by atoms with Crippen LogP contribution in [0.3, 0.4) is 0 Å². The van der Waals surface area contributed by atoms with Crippen LogP contribution in [0.15, 0.2) is 23.8 Å². The molecule has 0 aromatic carbocycles. The maximum atomic E-state index is 11.1. The number of ether oxygens (including phenoxy) is 1. The fourth-order valence-corrected chi connectivity index (χ4v) is 1.20. The van der Waals surface area contributed by atoms with Crippen LogP contribution < -0.4 is 5.73 Å². The van der Waals surface area contributed by atoms with Crippen molar-refractivity contribution in [3.05, 3.63) is 23.8 Å². The summed E-state index contributed by atoms with van der Waals surface area (Å²) in [5.41, 5.74) is 4.82. The van der Waals surface area contributed by atoms with Gasteiger partial charge in [-0.25, -0.2) is 4.79 Å². The molecule has 3 N–H and O–H groups in total. The molecule has 0 amide bonds. The van der Waals surface area contributed by atoms with E-state index in [9.17, 15) is 4.79 Å². The molecule has 3 nitrogen and oxygen atoms in total. The largest absolute Gasteiger partial charge is 0.464 e. The molecule has 0 radical (unpaired) electrons. The minimum atomic E-state index is -0.333. The van der Waals surface area contributed by atoms with Gasteiger partial charge in [-0.2, -0.15) is 0 Å². The van der Waals surface area contributed by atoms with Gasteiger partial charge >= 0.3 is 5.97 Å². The molecule has 0 spiro atoms. The number of carbonyl (C=O) groups excluding carboxylic acids is 1. The van der Waals surface area contributed by atoms with E-state index in [1.807, 2.05) is 6.08 Å². The third-order valence-corrected chi connectivity index (χ3v) is 1.97. The van der Waals surface area contributed by atoms with Crippen molar-refractivity contribution in [1.82, 2.24) is 0 Å². The van der Waals surface area contributed by atoms with Gasteiger partial charge in [-0.05, 0) is 18.4 Å². The number of hydrogen-bond donors (Lipinski definition) is 1. The molecule has 0 bridgehead atoms. The zero-order valence-electron chi connectivity index (χ0n) is 7.25. The summed E-state index contributed by atoms with van der Waals surface area (Å²) in [5, 5.41) is 0. The van der Waals surface area contributed by atoms with E-state index in [1.165, 1.54) is 7.11 Å². The number of carbonyl (C=O) groups is 1. The van der Waals surface area contributed by atoms with Crippen molar-refractivity contribution in [1.29, 1.82) is 0 Å². The van der Waals surface area contributed by atoms with Crippen LogP contribution in [0.1, 0.15) is 12.8 Å². The van der Waals surface area contributed by atoms with Gasteiger partial charge in [0.15, 0.2) is 0 Å². The van der Waals surface area contributed by atoms with Gasteiger partial charge in [-0.3, -0.25) is 0 Å². The highest BCUT2D eigenvalue weighted by atomic mass is 16.5. The maximum Gasteiger partial charge on any atom is 0.369 e. The van der Waals surface area contributed by atoms with Crippen molar-refractivity contribution in [2.75, 3.05) is 7.11 Å². The zero-order valence-corrected chi connectivity index (χ0v) is 7.25. The molecular formula is C9H14NO2+. The topological polar surface area (TPSA) is 53.9 Å². The molecule has 1 aliphatic rings. The molecule has 66 valence electrons. The van der Waals surface area contributed by atoms with E-state index in [2.05, 4.69) is 22.6 Å². The van der Waals surface area contributed by atoms with Gasteiger partial charge in [0.1, 0.15) is 0 Å². The number of rotatable bonds is 2. The number of allylic oxidation sites excluding steroid dienone is 3. The quantitative estimate of drug-likeness (QED) is 0.467. The molecule has 3 heteroatoms. The number of methoxy groups -OCH3 is 1. The predicted molar refractivity (Wildman–Crippen MR) is 45.1 cm³/mol. The minimum Gasteiger partial charge on any atom is -0.464 e. The Morgan fingerprint density at radius 3 is 2.92 bits per heavy atom. The lowest BCUT2D eigenvalue weighted by molar-refractivity contribution is -0.396. The molecule has 0 unspecified atom stereocenters. The SMILES string of the molecule is COC(=O)[C@H]([NH3+])C1=CCC=CC1. The summed E-state index contributed by atoms with van der Waals surface area (Å²) in [5.74, 6) is -0.253. The first kappa shape index (κ1) is 9.00. The summed E-state index contributed by atoms with van der Waals surface area (Å²) in [4.78, 5) is 11.1. The summed E-state index contributed by atoms with van der Waals surface area (Å²) >= 11 is 0. The van der Waals surface area contributed by atoms with Crippen LogP contribution in [0.2, 0.25) is 0 Å². The van der Waals surface area contributed by atoms with Crippen molar-refractivity contribution < 1.29 is 15.3 Å². The predicted octanol–water partition coefficient (Wildman–Crippen LogP) is 0.0463. The van der Waals surface area contributed by atoms with Crippen LogP contribution in [-0.2, 0) is 9.53 Å². The van der Waals surface area contributed by atoms with E-state index in [-0.39, 0.29) is 12.0 Å². The molecular weight excluding hydrogens is 154 g/mol.